The number of halogens is 1. The van der Waals surface area contributed by atoms with Gasteiger partial charge in [0.15, 0.2) is 17.9 Å². The van der Waals surface area contributed by atoms with E-state index >= 15 is 4.39 Å². The van der Waals surface area contributed by atoms with Crippen LogP contribution < -0.4 is 15.0 Å². The number of hydrogen-bond acceptors (Lipinski definition) is 6. The summed E-state index contributed by atoms with van der Waals surface area (Å²) in [5.41, 5.74) is 1.30. The lowest BCUT2D eigenvalue weighted by Gasteiger charge is -2.37. The van der Waals surface area contributed by atoms with Gasteiger partial charge < -0.3 is 24.3 Å². The van der Waals surface area contributed by atoms with Crippen LogP contribution in [0.4, 0.5) is 10.1 Å². The number of benzene rings is 1. The number of nitrogens with zero attached hydrogens (tertiary/aromatic N) is 4. The van der Waals surface area contributed by atoms with Gasteiger partial charge in [0, 0.05) is 37.8 Å². The third-order valence-corrected chi connectivity index (χ3v) is 5.24. The Kier molecular flexibility index (Phi) is 4.07. The predicted molar refractivity (Wildman–Crippen MR) is 94.5 cm³/mol. The molecule has 138 valence electrons. The molecule has 1 aromatic heterocycles. The van der Waals surface area contributed by atoms with Gasteiger partial charge in [0.1, 0.15) is 17.7 Å². The number of rotatable bonds is 2. The van der Waals surface area contributed by atoms with Crippen molar-refractivity contribution in [3.8, 4) is 5.75 Å². The second kappa shape index (κ2) is 6.28. The lowest BCUT2D eigenvalue weighted by Crippen LogP contribution is -2.45. The normalized spacial score (nSPS) is 21.1. The Morgan fingerprint density at radius 3 is 2.73 bits per heavy atom. The first-order valence-corrected chi connectivity index (χ1v) is 8.66. The van der Waals surface area contributed by atoms with Crippen LogP contribution in [-0.2, 0) is 0 Å². The molecule has 2 aromatic rings. The summed E-state index contributed by atoms with van der Waals surface area (Å²) in [6.45, 7) is 5.43. The Labute approximate surface area is 149 Å². The maximum Gasteiger partial charge on any atom is 0.170 e. The van der Waals surface area contributed by atoms with Crippen molar-refractivity contribution in [2.45, 2.75) is 13.0 Å². The third-order valence-electron chi connectivity index (χ3n) is 5.24. The molecule has 0 radical (unpaired) electrons. The highest BCUT2D eigenvalue weighted by atomic mass is 19.1. The molecule has 0 spiro atoms. The number of aromatic nitrogens is 1. The number of likely N-dealkylation sites (N-methyl/N-ethyl adjacent to an activating group) is 1. The number of carbonyl (C=O) groups excluding carboxylic acids is 1. The van der Waals surface area contributed by atoms with Gasteiger partial charge in [0.05, 0.1) is 17.1 Å². The Bertz CT molecular complexity index is 948. The molecular weight excluding hydrogens is 339 g/mol. The molecule has 2 aliphatic rings. The molecule has 1 N–H and O–H groups in total. The summed E-state index contributed by atoms with van der Waals surface area (Å²) >= 11 is 0. The minimum absolute atomic E-state index is 0.0257. The fourth-order valence-corrected chi connectivity index (χ4v) is 3.77. The molecule has 1 aromatic carbocycles. The van der Waals surface area contributed by atoms with E-state index in [4.69, 9.17) is 4.74 Å². The highest BCUT2D eigenvalue weighted by Crippen LogP contribution is 2.41. The zero-order valence-corrected chi connectivity index (χ0v) is 14.8. The number of ether oxygens (including phenoxy) is 1. The van der Waals surface area contributed by atoms with Gasteiger partial charge in [-0.05, 0) is 20.0 Å². The van der Waals surface area contributed by atoms with Crippen molar-refractivity contribution in [2.75, 3.05) is 44.7 Å². The highest BCUT2D eigenvalue weighted by Gasteiger charge is 2.29. The van der Waals surface area contributed by atoms with E-state index in [-0.39, 0.29) is 17.0 Å². The summed E-state index contributed by atoms with van der Waals surface area (Å²) in [6.07, 6.45) is 2.26. The van der Waals surface area contributed by atoms with Crippen molar-refractivity contribution in [1.29, 1.82) is 0 Å². The van der Waals surface area contributed by atoms with Gasteiger partial charge in [-0.15, -0.1) is 0 Å². The smallest absolute Gasteiger partial charge is 0.170 e. The lowest BCUT2D eigenvalue weighted by molar-refractivity contribution is 0.112. The molecule has 0 saturated carbocycles. The maximum atomic E-state index is 15.1. The first-order valence-electron chi connectivity index (χ1n) is 8.66. The highest BCUT2D eigenvalue weighted by molar-refractivity contribution is 5.94. The number of piperazine rings is 1. The standard InChI is InChI=1S/C18H21FN4O3/c1-11-10-26-18-16-13(15(20-25)12(9-24)8-23(11)16)7-14(19)17(18)22-5-3-21(2)4-6-22/h7-9,11,25H,3-6,10H2,1-2H3/b20-15-/t11-/m0/s1. The third kappa shape index (κ3) is 2.44. The van der Waals surface area contributed by atoms with Crippen LogP contribution in [0.1, 0.15) is 23.3 Å². The molecule has 4 rings (SSSR count). The van der Waals surface area contributed by atoms with Crippen molar-refractivity contribution in [2.24, 2.45) is 5.16 Å². The molecule has 2 aliphatic heterocycles. The molecule has 0 amide bonds. The van der Waals surface area contributed by atoms with E-state index in [0.717, 1.165) is 13.1 Å². The largest absolute Gasteiger partial charge is 0.487 e. The number of aldehydes is 1. The summed E-state index contributed by atoms with van der Waals surface area (Å²) < 4.78 is 23.0. The monoisotopic (exact) mass is 360 g/mol. The van der Waals surface area contributed by atoms with Crippen LogP contribution in [0.15, 0.2) is 17.4 Å². The van der Waals surface area contributed by atoms with Crippen molar-refractivity contribution < 1.29 is 19.1 Å². The number of carbonyl (C=O) groups is 1. The Hall–Kier alpha value is -2.61. The molecule has 7 nitrogen and oxygen atoms in total. The van der Waals surface area contributed by atoms with E-state index in [2.05, 4.69) is 10.1 Å². The number of anilines is 1. The second-order valence-corrected chi connectivity index (χ2v) is 6.94. The maximum absolute atomic E-state index is 15.1. The molecule has 26 heavy (non-hydrogen) atoms. The van der Waals surface area contributed by atoms with Crippen LogP contribution in [0.5, 0.6) is 5.75 Å². The molecule has 3 heterocycles. The zero-order valence-electron chi connectivity index (χ0n) is 14.8. The van der Waals surface area contributed by atoms with Crippen LogP contribution in [0.25, 0.3) is 10.9 Å². The SMILES string of the molecule is C[C@H]1COc2c(N3CCN(C)CC3)c(F)cc3/c(=N\O)c(C=O)cn1c23. The fourth-order valence-electron chi connectivity index (χ4n) is 3.77. The van der Waals surface area contributed by atoms with E-state index in [0.29, 0.717) is 48.3 Å². The molecule has 8 heteroatoms. The van der Waals surface area contributed by atoms with Crippen molar-refractivity contribution in [3.05, 3.63) is 29.0 Å². The van der Waals surface area contributed by atoms with Crippen molar-refractivity contribution in [1.82, 2.24) is 9.47 Å². The van der Waals surface area contributed by atoms with E-state index in [1.165, 1.54) is 6.07 Å². The number of hydrogen-bond donors (Lipinski definition) is 1. The summed E-state index contributed by atoms with van der Waals surface area (Å²) in [6, 6.07) is 1.31. The van der Waals surface area contributed by atoms with E-state index < -0.39 is 5.82 Å². The van der Waals surface area contributed by atoms with Gasteiger partial charge in [-0.25, -0.2) is 4.39 Å². The van der Waals surface area contributed by atoms with Gasteiger partial charge in [-0.2, -0.15) is 0 Å². The lowest BCUT2D eigenvalue weighted by atomic mass is 10.1. The van der Waals surface area contributed by atoms with Gasteiger partial charge >= 0.3 is 0 Å². The molecule has 0 aliphatic carbocycles. The second-order valence-electron chi connectivity index (χ2n) is 6.94. The fraction of sp³-hybridized carbons (Fsp3) is 0.444. The zero-order chi connectivity index (χ0) is 18.4. The minimum atomic E-state index is -0.439. The van der Waals surface area contributed by atoms with Crippen LogP contribution in [-0.4, -0.2) is 60.8 Å². The first-order chi connectivity index (χ1) is 12.5. The summed E-state index contributed by atoms with van der Waals surface area (Å²) in [5, 5.41) is 13.1. The van der Waals surface area contributed by atoms with Crippen LogP contribution in [0.2, 0.25) is 0 Å². The van der Waals surface area contributed by atoms with Gasteiger partial charge in [0.2, 0.25) is 0 Å². The summed E-state index contributed by atoms with van der Waals surface area (Å²) in [5.74, 6) is 0.0103. The average Bonchev–Trinajstić information content (AvgIpc) is 2.64. The van der Waals surface area contributed by atoms with Crippen LogP contribution in [0, 0.1) is 5.82 Å². The Balaban J connectivity index is 2.03. The van der Waals surface area contributed by atoms with Gasteiger partial charge in [-0.1, -0.05) is 5.16 Å². The number of pyridine rings is 1. The molecular formula is C18H21FN4O3. The van der Waals surface area contributed by atoms with E-state index in [9.17, 15) is 10.0 Å². The molecule has 1 atom stereocenters. The van der Waals surface area contributed by atoms with E-state index in [1.54, 1.807) is 6.20 Å². The average molecular weight is 360 g/mol. The quantitative estimate of drug-likeness (QED) is 0.500. The Morgan fingerprint density at radius 2 is 2.08 bits per heavy atom. The van der Waals surface area contributed by atoms with Gasteiger partial charge in [-0.3, -0.25) is 4.79 Å². The van der Waals surface area contributed by atoms with Gasteiger partial charge in [0.25, 0.3) is 0 Å². The molecule has 0 bridgehead atoms. The first kappa shape index (κ1) is 16.8. The Morgan fingerprint density at radius 1 is 1.35 bits per heavy atom. The predicted octanol–water partition coefficient (Wildman–Crippen LogP) is 1.59. The minimum Gasteiger partial charge on any atom is -0.487 e. The molecule has 1 saturated heterocycles. The topological polar surface area (TPSA) is 70.3 Å². The summed E-state index contributed by atoms with van der Waals surface area (Å²) in [4.78, 5) is 15.6. The molecule has 0 unspecified atom stereocenters. The summed E-state index contributed by atoms with van der Waals surface area (Å²) in [7, 11) is 2.04. The van der Waals surface area contributed by atoms with Crippen molar-refractivity contribution in [3.63, 3.8) is 0 Å². The molecule has 1 fully saturated rings. The van der Waals surface area contributed by atoms with Crippen LogP contribution >= 0.6 is 0 Å². The van der Waals surface area contributed by atoms with E-state index in [1.807, 2.05) is 23.4 Å². The van der Waals surface area contributed by atoms with Crippen molar-refractivity contribution >= 4 is 22.9 Å². The van der Waals surface area contributed by atoms with Crippen LogP contribution in [0.3, 0.4) is 0 Å².